The highest BCUT2D eigenvalue weighted by atomic mass is 35.5. The molecule has 2 aromatic carbocycles. The van der Waals surface area contributed by atoms with Crippen molar-refractivity contribution in [3.8, 4) is 0 Å². The first-order chi connectivity index (χ1) is 9.25. The van der Waals surface area contributed by atoms with Crippen molar-refractivity contribution in [3.05, 3.63) is 70.8 Å². The molecular weight excluding hydrogens is 276 g/mol. The fourth-order valence-electron chi connectivity index (χ4n) is 2.20. The first kappa shape index (κ1) is 12.8. The Hall–Kier alpha value is -1.22. The van der Waals surface area contributed by atoms with Gasteiger partial charge in [0.15, 0.2) is 0 Å². The molecule has 0 amide bonds. The van der Waals surface area contributed by atoms with Crippen molar-refractivity contribution in [2.45, 2.75) is 16.2 Å². The first-order valence-electron chi connectivity index (χ1n) is 6.12. The van der Waals surface area contributed by atoms with E-state index >= 15 is 0 Å². The number of hydrogen-bond acceptors (Lipinski definition) is 2. The normalized spacial score (nSPS) is 21.2. The summed E-state index contributed by atoms with van der Waals surface area (Å²) in [6, 6.07) is 15.7. The van der Waals surface area contributed by atoms with Gasteiger partial charge in [0.2, 0.25) is 0 Å². The van der Waals surface area contributed by atoms with Crippen LogP contribution < -0.4 is 0 Å². The average Bonchev–Trinajstić information content (AvgIpc) is 2.44. The van der Waals surface area contributed by atoms with Crippen LogP contribution in [-0.2, 0) is 0 Å². The van der Waals surface area contributed by atoms with E-state index in [9.17, 15) is 5.11 Å². The molecular formula is C16H13ClOS. The Morgan fingerprint density at radius 3 is 2.58 bits per heavy atom. The van der Waals surface area contributed by atoms with Crippen molar-refractivity contribution >= 4 is 29.4 Å². The maximum atomic E-state index is 10.5. The summed E-state index contributed by atoms with van der Waals surface area (Å²) in [7, 11) is 0. The average molecular weight is 289 g/mol. The van der Waals surface area contributed by atoms with Gasteiger partial charge in [-0.3, -0.25) is 0 Å². The van der Waals surface area contributed by atoms with Crippen LogP contribution in [0.15, 0.2) is 59.5 Å². The largest absolute Gasteiger partial charge is 0.387 e. The van der Waals surface area contributed by atoms with Gasteiger partial charge in [0, 0.05) is 4.90 Å². The van der Waals surface area contributed by atoms with Gasteiger partial charge >= 0.3 is 0 Å². The molecule has 3 rings (SSSR count). The number of aliphatic hydroxyl groups excluding tert-OH is 1. The van der Waals surface area contributed by atoms with Crippen LogP contribution in [0, 0.1) is 0 Å². The quantitative estimate of drug-likeness (QED) is 0.874. The fourth-order valence-corrected chi connectivity index (χ4v) is 3.54. The van der Waals surface area contributed by atoms with Crippen LogP contribution in [0.3, 0.4) is 0 Å². The maximum absolute atomic E-state index is 10.5. The Morgan fingerprint density at radius 1 is 1.00 bits per heavy atom. The molecule has 0 unspecified atom stereocenters. The minimum Gasteiger partial charge on any atom is -0.387 e. The Bertz CT molecular complexity index is 624. The first-order valence-corrected chi connectivity index (χ1v) is 7.38. The zero-order valence-corrected chi connectivity index (χ0v) is 11.7. The molecule has 0 radical (unpaired) electrons. The number of hydrogen-bond donors (Lipinski definition) is 1. The number of benzene rings is 2. The third-order valence-corrected chi connectivity index (χ3v) is 4.93. The van der Waals surface area contributed by atoms with E-state index in [4.69, 9.17) is 11.6 Å². The van der Waals surface area contributed by atoms with E-state index in [-0.39, 0.29) is 5.25 Å². The summed E-state index contributed by atoms with van der Waals surface area (Å²) in [5.74, 6) is 0. The molecule has 0 bridgehead atoms. The van der Waals surface area contributed by atoms with Crippen molar-refractivity contribution in [3.63, 3.8) is 0 Å². The summed E-state index contributed by atoms with van der Waals surface area (Å²) in [5.41, 5.74) is 2.07. The van der Waals surface area contributed by atoms with Crippen LogP contribution in [0.5, 0.6) is 0 Å². The van der Waals surface area contributed by atoms with Crippen LogP contribution in [0.25, 0.3) is 6.08 Å². The van der Waals surface area contributed by atoms with Gasteiger partial charge in [0.1, 0.15) is 0 Å². The lowest BCUT2D eigenvalue weighted by molar-refractivity contribution is 0.185. The molecule has 2 aromatic rings. The van der Waals surface area contributed by atoms with Crippen LogP contribution in [0.1, 0.15) is 17.2 Å². The molecule has 2 atom stereocenters. The Labute approximate surface area is 121 Å². The number of aliphatic hydroxyl groups is 1. The van der Waals surface area contributed by atoms with Gasteiger partial charge in [-0.15, -0.1) is 11.8 Å². The van der Waals surface area contributed by atoms with Crippen LogP contribution in [-0.4, -0.2) is 10.4 Å². The highest BCUT2D eigenvalue weighted by Gasteiger charge is 2.25. The van der Waals surface area contributed by atoms with Gasteiger partial charge in [0.05, 0.1) is 16.4 Å². The van der Waals surface area contributed by atoms with Gasteiger partial charge in [-0.1, -0.05) is 60.2 Å². The summed E-state index contributed by atoms with van der Waals surface area (Å²) in [6.07, 6.45) is 3.61. The summed E-state index contributed by atoms with van der Waals surface area (Å²) in [6.45, 7) is 0. The van der Waals surface area contributed by atoms with Crippen LogP contribution >= 0.6 is 23.4 Å². The Morgan fingerprint density at radius 2 is 1.74 bits per heavy atom. The maximum Gasteiger partial charge on any atom is 0.0952 e. The molecule has 0 heterocycles. The second kappa shape index (κ2) is 5.41. The molecule has 1 nitrogen and oxygen atoms in total. The second-order valence-electron chi connectivity index (χ2n) is 4.45. The highest BCUT2D eigenvalue weighted by molar-refractivity contribution is 8.00. The lowest BCUT2D eigenvalue weighted by atomic mass is 9.95. The van der Waals surface area contributed by atoms with Crippen molar-refractivity contribution < 1.29 is 5.11 Å². The molecule has 0 fully saturated rings. The highest BCUT2D eigenvalue weighted by Crippen LogP contribution is 2.40. The lowest BCUT2D eigenvalue weighted by Gasteiger charge is -2.25. The van der Waals surface area contributed by atoms with Gasteiger partial charge < -0.3 is 5.11 Å². The SMILES string of the molecule is O[C@@H]1c2ccccc2C=C[C@H]1Sc1ccccc1Cl. The molecule has 1 aliphatic rings. The minimum absolute atomic E-state index is 0.00481. The van der Waals surface area contributed by atoms with E-state index in [1.54, 1.807) is 11.8 Å². The summed E-state index contributed by atoms with van der Waals surface area (Å²) in [4.78, 5) is 0.997. The predicted octanol–water partition coefficient (Wildman–Crippen LogP) is 4.56. The zero-order chi connectivity index (χ0) is 13.2. The summed E-state index contributed by atoms with van der Waals surface area (Å²) in [5, 5.41) is 11.2. The van der Waals surface area contributed by atoms with E-state index in [1.165, 1.54) is 0 Å². The number of thioether (sulfide) groups is 1. The van der Waals surface area contributed by atoms with Crippen molar-refractivity contribution in [2.75, 3.05) is 0 Å². The molecule has 0 saturated heterocycles. The molecule has 0 spiro atoms. The van der Waals surface area contributed by atoms with E-state index in [0.29, 0.717) is 0 Å². The molecule has 0 aromatic heterocycles. The molecule has 96 valence electrons. The number of fused-ring (bicyclic) bond motifs is 1. The predicted molar refractivity (Wildman–Crippen MR) is 81.5 cm³/mol. The monoisotopic (exact) mass is 288 g/mol. The fraction of sp³-hybridized carbons (Fsp3) is 0.125. The molecule has 19 heavy (non-hydrogen) atoms. The third-order valence-electron chi connectivity index (χ3n) is 3.19. The minimum atomic E-state index is -0.498. The van der Waals surface area contributed by atoms with E-state index in [2.05, 4.69) is 6.08 Å². The van der Waals surface area contributed by atoms with Gasteiger partial charge in [-0.05, 0) is 23.3 Å². The molecule has 1 N–H and O–H groups in total. The number of halogens is 1. The van der Waals surface area contributed by atoms with Crippen LogP contribution in [0.2, 0.25) is 5.02 Å². The van der Waals surface area contributed by atoms with Gasteiger partial charge in [0.25, 0.3) is 0 Å². The summed E-state index contributed by atoms with van der Waals surface area (Å²) >= 11 is 7.76. The molecule has 0 saturated carbocycles. The molecule has 1 aliphatic carbocycles. The Kier molecular flexibility index (Phi) is 3.65. The molecule has 0 aliphatic heterocycles. The topological polar surface area (TPSA) is 20.2 Å². The smallest absolute Gasteiger partial charge is 0.0952 e. The second-order valence-corrected chi connectivity index (χ2v) is 6.07. The zero-order valence-electron chi connectivity index (χ0n) is 10.2. The number of rotatable bonds is 2. The van der Waals surface area contributed by atoms with Crippen molar-refractivity contribution in [2.24, 2.45) is 0 Å². The third kappa shape index (κ3) is 2.57. The van der Waals surface area contributed by atoms with Crippen molar-refractivity contribution in [1.82, 2.24) is 0 Å². The van der Waals surface area contributed by atoms with Gasteiger partial charge in [-0.25, -0.2) is 0 Å². The van der Waals surface area contributed by atoms with Crippen LogP contribution in [0.4, 0.5) is 0 Å². The summed E-state index contributed by atoms with van der Waals surface area (Å²) < 4.78 is 0. The van der Waals surface area contributed by atoms with E-state index in [1.807, 2.05) is 54.6 Å². The van der Waals surface area contributed by atoms with E-state index < -0.39 is 6.10 Å². The van der Waals surface area contributed by atoms with Gasteiger partial charge in [-0.2, -0.15) is 0 Å². The molecule has 3 heteroatoms. The van der Waals surface area contributed by atoms with Crippen molar-refractivity contribution in [1.29, 1.82) is 0 Å². The van der Waals surface area contributed by atoms with E-state index in [0.717, 1.165) is 21.0 Å². The standard InChI is InChI=1S/C16H13ClOS/c17-13-7-3-4-8-14(13)19-15-10-9-11-5-1-2-6-12(11)16(15)18/h1-10,15-16,18H/t15-,16-/m1/s1. The Balaban J connectivity index is 1.87. The lowest BCUT2D eigenvalue weighted by Crippen LogP contribution is -2.16.